The van der Waals surface area contributed by atoms with Crippen molar-refractivity contribution in [1.29, 1.82) is 0 Å². The zero-order valence-corrected chi connectivity index (χ0v) is 12.1. The van der Waals surface area contributed by atoms with Gasteiger partial charge in [-0.2, -0.15) is 8.42 Å². The SMILES string of the molecule is Cc1ccc(S(=O)(=O)OOCC[N+]2(C)CCC2)cc1. The zero-order valence-electron chi connectivity index (χ0n) is 11.3. The molecule has 106 valence electrons. The summed E-state index contributed by atoms with van der Waals surface area (Å²) in [7, 11) is -1.69. The molecule has 1 aliphatic heterocycles. The molecule has 0 aromatic heterocycles. The van der Waals surface area contributed by atoms with Crippen molar-refractivity contribution >= 4 is 10.1 Å². The highest BCUT2D eigenvalue weighted by atomic mass is 32.2. The van der Waals surface area contributed by atoms with E-state index in [9.17, 15) is 8.42 Å². The number of nitrogens with zero attached hydrogens (tertiary/aromatic N) is 1. The van der Waals surface area contributed by atoms with E-state index in [0.717, 1.165) is 29.7 Å². The Hall–Kier alpha value is -0.950. The molecule has 2 rings (SSSR count). The predicted octanol–water partition coefficient (Wildman–Crippen LogP) is 1.48. The smallest absolute Gasteiger partial charge is 0.323 e. The Morgan fingerprint density at radius 3 is 2.37 bits per heavy atom. The number of hydrogen-bond donors (Lipinski definition) is 0. The molecular formula is C13H20NO4S+. The fourth-order valence-corrected chi connectivity index (χ4v) is 2.76. The van der Waals surface area contributed by atoms with Gasteiger partial charge in [-0.05, 0) is 19.1 Å². The van der Waals surface area contributed by atoms with Gasteiger partial charge in [0.25, 0.3) is 0 Å². The topological polar surface area (TPSA) is 52.6 Å². The molecule has 1 aromatic carbocycles. The molecular weight excluding hydrogens is 266 g/mol. The average molecular weight is 286 g/mol. The van der Waals surface area contributed by atoms with Crippen molar-refractivity contribution in [2.24, 2.45) is 0 Å². The third-order valence-electron chi connectivity index (χ3n) is 3.56. The second kappa shape index (κ2) is 5.58. The molecule has 6 heteroatoms. The van der Waals surface area contributed by atoms with Crippen molar-refractivity contribution < 1.29 is 22.1 Å². The normalized spacial score (nSPS) is 18.0. The number of likely N-dealkylation sites (tertiary alicyclic amines) is 1. The molecule has 0 aliphatic carbocycles. The van der Waals surface area contributed by atoms with Gasteiger partial charge in [0.15, 0.2) is 0 Å². The Morgan fingerprint density at radius 2 is 1.84 bits per heavy atom. The highest BCUT2D eigenvalue weighted by molar-refractivity contribution is 7.86. The van der Waals surface area contributed by atoms with E-state index in [-0.39, 0.29) is 11.5 Å². The van der Waals surface area contributed by atoms with E-state index in [1.807, 2.05) is 6.92 Å². The van der Waals surface area contributed by atoms with Gasteiger partial charge >= 0.3 is 10.1 Å². The summed E-state index contributed by atoms with van der Waals surface area (Å²) < 4.78 is 29.1. The van der Waals surface area contributed by atoms with Crippen LogP contribution in [0.3, 0.4) is 0 Å². The molecule has 5 nitrogen and oxygen atoms in total. The van der Waals surface area contributed by atoms with Crippen LogP contribution in [0.15, 0.2) is 29.2 Å². The first kappa shape index (κ1) is 14.5. The van der Waals surface area contributed by atoms with E-state index in [1.165, 1.54) is 18.6 Å². The third kappa shape index (κ3) is 3.76. The maximum atomic E-state index is 11.8. The van der Waals surface area contributed by atoms with Crippen LogP contribution in [0, 0.1) is 6.92 Å². The van der Waals surface area contributed by atoms with E-state index < -0.39 is 10.1 Å². The largest absolute Gasteiger partial charge is 0.324 e. The molecule has 1 aromatic rings. The second-order valence-electron chi connectivity index (χ2n) is 5.30. The molecule has 1 heterocycles. The van der Waals surface area contributed by atoms with Crippen molar-refractivity contribution in [1.82, 2.24) is 0 Å². The van der Waals surface area contributed by atoms with E-state index in [0.29, 0.717) is 0 Å². The second-order valence-corrected chi connectivity index (χ2v) is 6.82. The van der Waals surface area contributed by atoms with Crippen molar-refractivity contribution in [3.63, 3.8) is 0 Å². The molecule has 1 aliphatic rings. The minimum atomic E-state index is -3.81. The van der Waals surface area contributed by atoms with Gasteiger partial charge in [-0.3, -0.25) is 0 Å². The zero-order chi connectivity index (χ0) is 13.9. The summed E-state index contributed by atoms with van der Waals surface area (Å²) in [5.41, 5.74) is 0.995. The Morgan fingerprint density at radius 1 is 1.21 bits per heavy atom. The van der Waals surface area contributed by atoms with Gasteiger partial charge in [0.05, 0.1) is 25.0 Å². The van der Waals surface area contributed by atoms with Gasteiger partial charge in [-0.25, -0.2) is 4.89 Å². The van der Waals surface area contributed by atoms with Crippen LogP contribution in [-0.2, 0) is 19.3 Å². The number of rotatable bonds is 6. The Labute approximate surface area is 114 Å². The van der Waals surface area contributed by atoms with Crippen LogP contribution in [0.2, 0.25) is 0 Å². The van der Waals surface area contributed by atoms with Gasteiger partial charge < -0.3 is 4.48 Å². The van der Waals surface area contributed by atoms with Crippen molar-refractivity contribution in [2.75, 3.05) is 33.3 Å². The molecule has 19 heavy (non-hydrogen) atoms. The first-order valence-electron chi connectivity index (χ1n) is 6.38. The van der Waals surface area contributed by atoms with Gasteiger partial charge in [0.2, 0.25) is 0 Å². The quantitative estimate of drug-likeness (QED) is 0.344. The van der Waals surface area contributed by atoms with Crippen LogP contribution in [0.5, 0.6) is 0 Å². The fraction of sp³-hybridized carbons (Fsp3) is 0.538. The number of aryl methyl sites for hydroxylation is 1. The van der Waals surface area contributed by atoms with Crippen LogP contribution in [0.4, 0.5) is 0 Å². The van der Waals surface area contributed by atoms with Gasteiger partial charge in [-0.1, -0.05) is 17.7 Å². The lowest BCUT2D eigenvalue weighted by Crippen LogP contribution is -2.56. The van der Waals surface area contributed by atoms with Crippen molar-refractivity contribution in [2.45, 2.75) is 18.2 Å². The lowest BCUT2D eigenvalue weighted by atomic mass is 10.1. The lowest BCUT2D eigenvalue weighted by molar-refractivity contribution is -0.946. The number of benzene rings is 1. The first-order valence-corrected chi connectivity index (χ1v) is 7.78. The highest BCUT2D eigenvalue weighted by Crippen LogP contribution is 2.16. The molecule has 0 amide bonds. The Bertz CT molecular complexity index is 520. The Kier molecular flexibility index (Phi) is 4.25. The van der Waals surface area contributed by atoms with Crippen molar-refractivity contribution in [3.8, 4) is 0 Å². The minimum absolute atomic E-state index is 0.113. The van der Waals surface area contributed by atoms with E-state index in [1.54, 1.807) is 12.1 Å². The molecule has 0 spiro atoms. The minimum Gasteiger partial charge on any atom is -0.324 e. The van der Waals surface area contributed by atoms with E-state index in [2.05, 4.69) is 11.4 Å². The van der Waals surface area contributed by atoms with Crippen LogP contribution in [0.1, 0.15) is 12.0 Å². The van der Waals surface area contributed by atoms with Crippen LogP contribution in [-0.4, -0.2) is 46.2 Å². The predicted molar refractivity (Wildman–Crippen MR) is 70.8 cm³/mol. The van der Waals surface area contributed by atoms with Crippen LogP contribution in [0.25, 0.3) is 0 Å². The summed E-state index contributed by atoms with van der Waals surface area (Å²) in [5, 5.41) is 0. The first-order chi connectivity index (χ1) is 8.91. The molecule has 1 fully saturated rings. The molecule has 0 radical (unpaired) electrons. The molecule has 0 unspecified atom stereocenters. The molecule has 0 N–H and O–H groups in total. The van der Waals surface area contributed by atoms with Crippen molar-refractivity contribution in [3.05, 3.63) is 29.8 Å². The van der Waals surface area contributed by atoms with E-state index >= 15 is 0 Å². The summed E-state index contributed by atoms with van der Waals surface area (Å²) in [4.78, 5) is 4.96. The Balaban J connectivity index is 1.82. The maximum absolute atomic E-state index is 11.8. The van der Waals surface area contributed by atoms with Crippen LogP contribution >= 0.6 is 0 Å². The molecule has 0 saturated carbocycles. The summed E-state index contributed by atoms with van der Waals surface area (Å²) in [5.74, 6) is 0. The van der Waals surface area contributed by atoms with Crippen LogP contribution < -0.4 is 0 Å². The number of quaternary nitrogens is 1. The monoisotopic (exact) mass is 286 g/mol. The van der Waals surface area contributed by atoms with Gasteiger partial charge in [0.1, 0.15) is 13.2 Å². The molecule has 0 atom stereocenters. The standard InChI is InChI=1S/C13H20NO4S/c1-12-4-6-13(7-5-12)19(15,16)18-17-11-10-14(2)8-3-9-14/h4-7H,3,8-11H2,1-2H3/q+1. The molecule has 0 bridgehead atoms. The third-order valence-corrected chi connectivity index (χ3v) is 4.68. The highest BCUT2D eigenvalue weighted by Gasteiger charge is 2.30. The number of likely N-dealkylation sites (N-methyl/N-ethyl adjacent to an activating group) is 1. The molecule has 1 saturated heterocycles. The summed E-state index contributed by atoms with van der Waals surface area (Å²) in [6, 6.07) is 6.47. The fourth-order valence-electron chi connectivity index (χ4n) is 2.02. The summed E-state index contributed by atoms with van der Waals surface area (Å²) in [6.45, 7) is 5.18. The van der Waals surface area contributed by atoms with Gasteiger partial charge in [-0.15, -0.1) is 4.33 Å². The number of hydrogen-bond acceptors (Lipinski definition) is 4. The average Bonchev–Trinajstić information content (AvgIpc) is 2.33. The summed E-state index contributed by atoms with van der Waals surface area (Å²) >= 11 is 0. The van der Waals surface area contributed by atoms with E-state index in [4.69, 9.17) is 4.89 Å². The van der Waals surface area contributed by atoms with Gasteiger partial charge in [0, 0.05) is 6.42 Å². The maximum Gasteiger partial charge on any atom is 0.323 e. The summed E-state index contributed by atoms with van der Waals surface area (Å²) in [6.07, 6.45) is 1.22. The lowest BCUT2D eigenvalue weighted by Gasteiger charge is -2.41.